The third-order valence-electron chi connectivity index (χ3n) is 3.86. The molecule has 118 valence electrons. The molecule has 0 bridgehead atoms. The predicted molar refractivity (Wildman–Crippen MR) is 82.0 cm³/mol. The summed E-state index contributed by atoms with van der Waals surface area (Å²) in [4.78, 5) is 3.33. The Morgan fingerprint density at radius 3 is 2.50 bits per heavy atom. The maximum absolute atomic E-state index is 13.0. The van der Waals surface area contributed by atoms with Crippen LogP contribution < -0.4 is 5.32 Å². The molecule has 2 heterocycles. The lowest BCUT2D eigenvalue weighted by molar-refractivity contribution is -0.137. The second-order valence-electron chi connectivity index (χ2n) is 5.33. The summed E-state index contributed by atoms with van der Waals surface area (Å²) in [6.45, 7) is 3.39. The number of piperazine rings is 1. The molecule has 1 aliphatic heterocycles. The smallest absolute Gasteiger partial charge is 0.314 e. The molecule has 22 heavy (non-hydrogen) atoms. The lowest BCUT2D eigenvalue weighted by Crippen LogP contribution is -2.45. The van der Waals surface area contributed by atoms with Gasteiger partial charge in [-0.25, -0.2) is 0 Å². The largest absolute Gasteiger partial charge is 0.416 e. The van der Waals surface area contributed by atoms with Crippen LogP contribution >= 0.6 is 11.3 Å². The molecule has 1 saturated heterocycles. The van der Waals surface area contributed by atoms with Crippen molar-refractivity contribution < 1.29 is 13.2 Å². The number of halogens is 3. The van der Waals surface area contributed by atoms with E-state index < -0.39 is 11.7 Å². The van der Waals surface area contributed by atoms with Gasteiger partial charge in [-0.3, -0.25) is 4.90 Å². The van der Waals surface area contributed by atoms with Crippen molar-refractivity contribution in [3.05, 3.63) is 57.8 Å². The van der Waals surface area contributed by atoms with Gasteiger partial charge in [0.05, 0.1) is 11.6 Å². The second-order valence-corrected chi connectivity index (χ2v) is 6.31. The standard InChI is InChI=1S/C16H17F3N2S/c17-16(18,19)13-4-1-3-12(11-13)15(14-5-2-10-22-14)21-8-6-20-7-9-21/h1-5,10-11,15,20H,6-9H2/t15-/m1/s1. The Morgan fingerprint density at radius 2 is 1.86 bits per heavy atom. The third-order valence-corrected chi connectivity index (χ3v) is 4.78. The van der Waals surface area contributed by atoms with E-state index in [1.807, 2.05) is 17.5 Å². The highest BCUT2D eigenvalue weighted by molar-refractivity contribution is 7.10. The topological polar surface area (TPSA) is 15.3 Å². The molecule has 3 rings (SSSR count). The van der Waals surface area contributed by atoms with Crippen LogP contribution in [0.25, 0.3) is 0 Å². The van der Waals surface area contributed by atoms with Gasteiger partial charge in [-0.1, -0.05) is 18.2 Å². The first-order chi connectivity index (χ1) is 10.6. The molecule has 0 spiro atoms. The Morgan fingerprint density at radius 1 is 1.09 bits per heavy atom. The van der Waals surface area contributed by atoms with E-state index in [0.717, 1.165) is 37.1 Å². The molecule has 0 unspecified atom stereocenters. The van der Waals surface area contributed by atoms with Crippen LogP contribution in [0.4, 0.5) is 13.2 Å². The maximum atomic E-state index is 13.0. The first-order valence-electron chi connectivity index (χ1n) is 7.21. The summed E-state index contributed by atoms with van der Waals surface area (Å²) in [7, 11) is 0. The highest BCUT2D eigenvalue weighted by Gasteiger charge is 2.32. The number of hydrogen-bond donors (Lipinski definition) is 1. The molecule has 1 fully saturated rings. The summed E-state index contributed by atoms with van der Waals surface area (Å²) in [6.07, 6.45) is -4.31. The molecule has 0 radical (unpaired) electrons. The molecular weight excluding hydrogens is 309 g/mol. The van der Waals surface area contributed by atoms with E-state index in [2.05, 4.69) is 10.2 Å². The number of nitrogens with one attached hydrogen (secondary N) is 1. The zero-order valence-corrected chi connectivity index (χ0v) is 12.8. The Balaban J connectivity index is 1.99. The molecule has 2 aromatic rings. The Hall–Kier alpha value is -1.37. The minimum absolute atomic E-state index is 0.107. The zero-order valence-electron chi connectivity index (χ0n) is 11.9. The average Bonchev–Trinajstić information content (AvgIpc) is 3.02. The normalized spacial score (nSPS) is 18.3. The number of benzene rings is 1. The second kappa shape index (κ2) is 6.40. The SMILES string of the molecule is FC(F)(F)c1cccc([C@H](c2cccs2)N2CCNCC2)c1. The lowest BCUT2D eigenvalue weighted by atomic mass is 10.00. The van der Waals surface area contributed by atoms with Crippen molar-refractivity contribution in [2.75, 3.05) is 26.2 Å². The summed E-state index contributed by atoms with van der Waals surface area (Å²) in [6, 6.07) is 9.55. The monoisotopic (exact) mass is 326 g/mol. The van der Waals surface area contributed by atoms with Crippen molar-refractivity contribution in [1.82, 2.24) is 10.2 Å². The molecule has 1 N–H and O–H groups in total. The van der Waals surface area contributed by atoms with Crippen LogP contribution in [0.1, 0.15) is 22.0 Å². The van der Waals surface area contributed by atoms with Gasteiger partial charge < -0.3 is 5.32 Å². The van der Waals surface area contributed by atoms with Crippen LogP contribution in [0.5, 0.6) is 0 Å². The molecule has 1 aromatic carbocycles. The molecule has 0 amide bonds. The minimum atomic E-state index is -4.31. The number of rotatable bonds is 3. The maximum Gasteiger partial charge on any atom is 0.416 e. The van der Waals surface area contributed by atoms with Gasteiger partial charge in [-0.05, 0) is 29.1 Å². The Labute approximate surface area is 131 Å². The number of hydrogen-bond acceptors (Lipinski definition) is 3. The van der Waals surface area contributed by atoms with Gasteiger partial charge in [0.25, 0.3) is 0 Å². The number of alkyl halides is 3. The summed E-state index contributed by atoms with van der Waals surface area (Å²) in [5.74, 6) is 0. The van der Waals surface area contributed by atoms with E-state index >= 15 is 0 Å². The summed E-state index contributed by atoms with van der Waals surface area (Å²) in [5.41, 5.74) is 0.126. The lowest BCUT2D eigenvalue weighted by Gasteiger charge is -2.35. The summed E-state index contributed by atoms with van der Waals surface area (Å²) >= 11 is 1.59. The predicted octanol–water partition coefficient (Wildman–Crippen LogP) is 3.76. The first-order valence-corrected chi connectivity index (χ1v) is 8.09. The molecule has 6 heteroatoms. The highest BCUT2D eigenvalue weighted by Crippen LogP contribution is 2.35. The highest BCUT2D eigenvalue weighted by atomic mass is 32.1. The molecule has 1 aliphatic rings. The molecule has 2 nitrogen and oxygen atoms in total. The fourth-order valence-electron chi connectivity index (χ4n) is 2.83. The molecule has 1 atom stereocenters. The molecule has 0 aliphatic carbocycles. The molecular formula is C16H17F3N2S. The Bertz CT molecular complexity index is 604. The summed E-state index contributed by atoms with van der Waals surface area (Å²) < 4.78 is 39.0. The van der Waals surface area contributed by atoms with Crippen molar-refractivity contribution in [3.8, 4) is 0 Å². The average molecular weight is 326 g/mol. The van der Waals surface area contributed by atoms with Gasteiger partial charge in [-0.15, -0.1) is 11.3 Å². The van der Waals surface area contributed by atoms with Crippen LogP contribution in [0.3, 0.4) is 0 Å². The van der Waals surface area contributed by atoms with E-state index in [0.29, 0.717) is 5.56 Å². The number of thiophene rings is 1. The van der Waals surface area contributed by atoms with Crippen molar-refractivity contribution in [2.24, 2.45) is 0 Å². The van der Waals surface area contributed by atoms with Gasteiger partial charge >= 0.3 is 6.18 Å². The van der Waals surface area contributed by atoms with Gasteiger partial charge in [0, 0.05) is 31.1 Å². The first kappa shape index (κ1) is 15.5. The van der Waals surface area contributed by atoms with Crippen LogP contribution in [-0.2, 0) is 6.18 Å². The third kappa shape index (κ3) is 3.34. The Kier molecular flexibility index (Phi) is 4.52. The van der Waals surface area contributed by atoms with E-state index in [4.69, 9.17) is 0 Å². The van der Waals surface area contributed by atoms with Crippen LogP contribution in [0, 0.1) is 0 Å². The van der Waals surface area contributed by atoms with Crippen LogP contribution in [0.15, 0.2) is 41.8 Å². The fourth-order valence-corrected chi connectivity index (χ4v) is 3.71. The van der Waals surface area contributed by atoms with Gasteiger partial charge in [0.1, 0.15) is 0 Å². The van der Waals surface area contributed by atoms with Gasteiger partial charge in [0.15, 0.2) is 0 Å². The van der Waals surface area contributed by atoms with Gasteiger partial charge in [0.2, 0.25) is 0 Å². The van der Waals surface area contributed by atoms with Crippen molar-refractivity contribution >= 4 is 11.3 Å². The molecule has 0 saturated carbocycles. The van der Waals surface area contributed by atoms with Crippen molar-refractivity contribution in [2.45, 2.75) is 12.2 Å². The van der Waals surface area contributed by atoms with Crippen molar-refractivity contribution in [1.29, 1.82) is 0 Å². The van der Waals surface area contributed by atoms with E-state index in [1.54, 1.807) is 17.4 Å². The van der Waals surface area contributed by atoms with Crippen molar-refractivity contribution in [3.63, 3.8) is 0 Å². The number of nitrogens with zero attached hydrogens (tertiary/aromatic N) is 1. The fraction of sp³-hybridized carbons (Fsp3) is 0.375. The van der Waals surface area contributed by atoms with E-state index in [-0.39, 0.29) is 6.04 Å². The zero-order chi connectivity index (χ0) is 15.6. The van der Waals surface area contributed by atoms with Gasteiger partial charge in [-0.2, -0.15) is 13.2 Å². The quantitative estimate of drug-likeness (QED) is 0.924. The molecule has 1 aromatic heterocycles. The van der Waals surface area contributed by atoms with E-state index in [1.165, 1.54) is 12.1 Å². The van der Waals surface area contributed by atoms with E-state index in [9.17, 15) is 13.2 Å². The van der Waals surface area contributed by atoms with Crippen LogP contribution in [0.2, 0.25) is 0 Å². The summed E-state index contributed by atoms with van der Waals surface area (Å²) in [5, 5.41) is 5.25. The van der Waals surface area contributed by atoms with Crippen LogP contribution in [-0.4, -0.2) is 31.1 Å². The minimum Gasteiger partial charge on any atom is -0.314 e.